The number of rotatable bonds is 3. The lowest BCUT2D eigenvalue weighted by Gasteiger charge is -2.37. The van der Waals surface area contributed by atoms with Gasteiger partial charge < -0.3 is 5.73 Å². The third kappa shape index (κ3) is 3.22. The van der Waals surface area contributed by atoms with Gasteiger partial charge in [-0.15, -0.1) is 0 Å². The maximum Gasteiger partial charge on any atom is 0.244 e. The predicted molar refractivity (Wildman–Crippen MR) is 86.1 cm³/mol. The first kappa shape index (κ1) is 17.0. The van der Waals surface area contributed by atoms with Gasteiger partial charge in [-0.1, -0.05) is 30.1 Å². The average molecular weight is 351 g/mol. The van der Waals surface area contributed by atoms with Gasteiger partial charge in [0.15, 0.2) is 0 Å². The van der Waals surface area contributed by atoms with Crippen LogP contribution in [0, 0.1) is 5.92 Å². The van der Waals surface area contributed by atoms with Crippen molar-refractivity contribution in [3.05, 3.63) is 27.7 Å². The van der Waals surface area contributed by atoms with E-state index in [0.29, 0.717) is 23.0 Å². The van der Waals surface area contributed by atoms with Crippen LogP contribution in [0.15, 0.2) is 17.0 Å². The molecule has 0 bridgehead atoms. The van der Waals surface area contributed by atoms with Crippen molar-refractivity contribution in [2.24, 2.45) is 11.7 Å². The van der Waals surface area contributed by atoms with E-state index >= 15 is 0 Å². The monoisotopic (exact) mass is 350 g/mol. The molecule has 0 radical (unpaired) electrons. The van der Waals surface area contributed by atoms with Crippen molar-refractivity contribution in [2.75, 3.05) is 6.54 Å². The second kappa shape index (κ2) is 6.42. The molecule has 1 aliphatic heterocycles. The molecular weight excluding hydrogens is 331 g/mol. The molecule has 2 rings (SSSR count). The third-order valence-corrected chi connectivity index (χ3v) is 6.99. The minimum Gasteiger partial charge on any atom is -0.326 e. The van der Waals surface area contributed by atoms with Crippen LogP contribution in [0.5, 0.6) is 0 Å². The van der Waals surface area contributed by atoms with Crippen LogP contribution in [-0.2, 0) is 16.6 Å². The van der Waals surface area contributed by atoms with Crippen LogP contribution in [0.4, 0.5) is 0 Å². The van der Waals surface area contributed by atoms with Crippen LogP contribution in [-0.4, -0.2) is 25.3 Å². The van der Waals surface area contributed by atoms with Crippen LogP contribution < -0.4 is 5.73 Å². The molecule has 2 N–H and O–H groups in total. The van der Waals surface area contributed by atoms with E-state index in [2.05, 4.69) is 6.92 Å². The molecule has 0 amide bonds. The largest absolute Gasteiger partial charge is 0.326 e. The average Bonchev–Trinajstić information content (AvgIpc) is 2.43. The molecule has 1 aromatic rings. The Balaban J connectivity index is 2.51. The van der Waals surface area contributed by atoms with Crippen molar-refractivity contribution in [1.82, 2.24) is 4.31 Å². The predicted octanol–water partition coefficient (Wildman–Crippen LogP) is 3.26. The zero-order chi connectivity index (χ0) is 15.8. The molecule has 2 unspecified atom stereocenters. The van der Waals surface area contributed by atoms with Gasteiger partial charge in [0.2, 0.25) is 10.0 Å². The van der Waals surface area contributed by atoms with Crippen molar-refractivity contribution < 1.29 is 8.42 Å². The van der Waals surface area contributed by atoms with Gasteiger partial charge in [-0.05, 0) is 43.4 Å². The van der Waals surface area contributed by atoms with E-state index in [4.69, 9.17) is 28.9 Å². The highest BCUT2D eigenvalue weighted by atomic mass is 35.5. The van der Waals surface area contributed by atoms with Crippen molar-refractivity contribution in [3.63, 3.8) is 0 Å². The molecule has 118 valence electrons. The zero-order valence-electron chi connectivity index (χ0n) is 12.1. The molecular formula is C14H20Cl2N2O2S. The normalized spacial score (nSPS) is 24.2. The molecule has 1 heterocycles. The summed E-state index contributed by atoms with van der Waals surface area (Å²) in [4.78, 5) is 0.0538. The molecule has 0 spiro atoms. The second-order valence-corrected chi connectivity index (χ2v) is 8.23. The maximum absolute atomic E-state index is 12.9. The Morgan fingerprint density at radius 3 is 2.62 bits per heavy atom. The molecule has 4 nitrogen and oxygen atoms in total. The minimum absolute atomic E-state index is 0.0538. The lowest BCUT2D eigenvalue weighted by atomic mass is 9.94. The lowest BCUT2D eigenvalue weighted by molar-refractivity contribution is 0.202. The summed E-state index contributed by atoms with van der Waals surface area (Å²) in [6, 6.07) is 2.95. The first-order chi connectivity index (χ1) is 9.78. The Hall–Kier alpha value is -0.330. The smallest absolute Gasteiger partial charge is 0.244 e. The Labute approximate surface area is 136 Å². The third-order valence-electron chi connectivity index (χ3n) is 4.20. The lowest BCUT2D eigenvalue weighted by Crippen LogP contribution is -2.46. The summed E-state index contributed by atoms with van der Waals surface area (Å²) in [5.74, 6) is 0.320. The molecule has 21 heavy (non-hydrogen) atoms. The van der Waals surface area contributed by atoms with E-state index in [1.807, 2.05) is 6.92 Å². The van der Waals surface area contributed by atoms with Gasteiger partial charge in [-0.25, -0.2) is 8.42 Å². The Morgan fingerprint density at radius 1 is 1.33 bits per heavy atom. The van der Waals surface area contributed by atoms with Crippen molar-refractivity contribution in [2.45, 2.75) is 44.2 Å². The number of hydrogen-bond acceptors (Lipinski definition) is 3. The van der Waals surface area contributed by atoms with E-state index in [9.17, 15) is 8.42 Å². The number of nitrogens with zero attached hydrogens (tertiary/aromatic N) is 1. The maximum atomic E-state index is 12.9. The summed E-state index contributed by atoms with van der Waals surface area (Å²) in [7, 11) is -3.67. The fourth-order valence-electron chi connectivity index (χ4n) is 2.72. The highest BCUT2D eigenvalue weighted by molar-refractivity contribution is 7.89. The first-order valence-corrected chi connectivity index (χ1v) is 9.18. The molecule has 1 fully saturated rings. The van der Waals surface area contributed by atoms with Crippen LogP contribution in [0.25, 0.3) is 0 Å². The summed E-state index contributed by atoms with van der Waals surface area (Å²) in [5, 5.41) is 0.503. The quantitative estimate of drug-likeness (QED) is 0.909. The highest BCUT2D eigenvalue weighted by Crippen LogP contribution is 2.35. The topological polar surface area (TPSA) is 63.4 Å². The highest BCUT2D eigenvalue weighted by Gasteiger charge is 2.36. The molecule has 2 atom stereocenters. The molecule has 1 saturated heterocycles. The van der Waals surface area contributed by atoms with Gasteiger partial charge in [-0.2, -0.15) is 4.31 Å². The van der Waals surface area contributed by atoms with Crippen molar-refractivity contribution in [1.29, 1.82) is 0 Å². The fraction of sp³-hybridized carbons (Fsp3) is 0.571. The molecule has 1 aromatic carbocycles. The van der Waals surface area contributed by atoms with Gasteiger partial charge in [0.25, 0.3) is 0 Å². The zero-order valence-corrected chi connectivity index (χ0v) is 14.5. The van der Waals surface area contributed by atoms with E-state index in [-0.39, 0.29) is 22.5 Å². The molecule has 1 aliphatic rings. The summed E-state index contributed by atoms with van der Waals surface area (Å²) >= 11 is 12.2. The van der Waals surface area contributed by atoms with Gasteiger partial charge in [0.05, 0.1) is 5.02 Å². The standard InChI is InChI=1S/C14H20Cl2N2O2S/c1-9-4-3-5-18(10(9)2)21(19,20)13-7-12(15)6-11(8-17)14(13)16/h6-7,9-10H,3-5,8,17H2,1-2H3. The summed E-state index contributed by atoms with van der Waals surface area (Å²) in [5.41, 5.74) is 6.15. The number of sulfonamides is 1. The summed E-state index contributed by atoms with van der Waals surface area (Å²) in [6.45, 7) is 4.66. The van der Waals surface area contributed by atoms with E-state index < -0.39 is 10.0 Å². The van der Waals surface area contributed by atoms with E-state index in [1.54, 1.807) is 6.07 Å². The Kier molecular flexibility index (Phi) is 5.21. The van der Waals surface area contributed by atoms with Gasteiger partial charge in [-0.3, -0.25) is 0 Å². The number of benzene rings is 1. The first-order valence-electron chi connectivity index (χ1n) is 6.99. The second-order valence-electron chi connectivity index (χ2n) is 5.56. The number of nitrogens with two attached hydrogens (primary N) is 1. The van der Waals surface area contributed by atoms with E-state index in [1.165, 1.54) is 10.4 Å². The summed E-state index contributed by atoms with van der Waals surface area (Å²) < 4.78 is 27.4. The minimum atomic E-state index is -3.67. The Morgan fingerprint density at radius 2 is 2.00 bits per heavy atom. The SMILES string of the molecule is CC1CCCN(S(=O)(=O)c2cc(Cl)cc(CN)c2Cl)C1C. The van der Waals surface area contributed by atoms with E-state index in [0.717, 1.165) is 12.8 Å². The summed E-state index contributed by atoms with van der Waals surface area (Å²) in [6.07, 6.45) is 1.89. The number of halogens is 2. The van der Waals surface area contributed by atoms with Crippen molar-refractivity contribution >= 4 is 33.2 Å². The van der Waals surface area contributed by atoms with Gasteiger partial charge >= 0.3 is 0 Å². The Bertz CT molecular complexity index is 634. The van der Waals surface area contributed by atoms with Crippen LogP contribution >= 0.6 is 23.2 Å². The fourth-order valence-corrected chi connectivity index (χ4v) is 5.40. The number of hydrogen-bond donors (Lipinski definition) is 1. The molecule has 0 saturated carbocycles. The molecule has 7 heteroatoms. The van der Waals surface area contributed by atoms with Gasteiger partial charge in [0, 0.05) is 24.2 Å². The van der Waals surface area contributed by atoms with Crippen LogP contribution in [0.2, 0.25) is 10.0 Å². The van der Waals surface area contributed by atoms with Crippen molar-refractivity contribution in [3.8, 4) is 0 Å². The van der Waals surface area contributed by atoms with Crippen LogP contribution in [0.1, 0.15) is 32.3 Å². The molecule has 0 aliphatic carbocycles. The van der Waals surface area contributed by atoms with Crippen LogP contribution in [0.3, 0.4) is 0 Å². The number of piperidine rings is 1. The molecule has 0 aromatic heterocycles. The van der Waals surface area contributed by atoms with Gasteiger partial charge in [0.1, 0.15) is 4.90 Å².